The lowest BCUT2D eigenvalue weighted by atomic mass is 9.98. The maximum absolute atomic E-state index is 11.0. The number of hydrogen-bond donors (Lipinski definition) is 1. The molecule has 0 fully saturated rings. The first-order valence-corrected chi connectivity index (χ1v) is 11.9. The Morgan fingerprint density at radius 1 is 0.912 bits per heavy atom. The van der Waals surface area contributed by atoms with Gasteiger partial charge in [0.05, 0.1) is 19.6 Å². The number of carboxylic acids is 1. The van der Waals surface area contributed by atoms with E-state index >= 15 is 0 Å². The Kier molecular flexibility index (Phi) is 9.39. The van der Waals surface area contributed by atoms with Crippen molar-refractivity contribution in [2.45, 2.75) is 52.6 Å². The van der Waals surface area contributed by atoms with Crippen molar-refractivity contribution in [2.75, 3.05) is 13.2 Å². The second-order valence-corrected chi connectivity index (χ2v) is 8.35. The van der Waals surface area contributed by atoms with Gasteiger partial charge in [-0.3, -0.25) is 4.79 Å². The third-order valence-electron chi connectivity index (χ3n) is 5.57. The SMILES string of the molecule is CCCCOc1cc(COc2cccc([C@H](C)CC(=O)O)c2)ccc1-c1cccc(OCC)c1. The van der Waals surface area contributed by atoms with Crippen LogP contribution >= 0.6 is 0 Å². The maximum atomic E-state index is 11.0. The average Bonchev–Trinajstić information content (AvgIpc) is 2.83. The van der Waals surface area contributed by atoms with Crippen molar-refractivity contribution in [1.29, 1.82) is 0 Å². The lowest BCUT2D eigenvalue weighted by Gasteiger charge is -2.15. The predicted octanol–water partition coefficient (Wildman–Crippen LogP) is 7.09. The van der Waals surface area contributed by atoms with E-state index in [4.69, 9.17) is 19.3 Å². The van der Waals surface area contributed by atoms with Gasteiger partial charge in [0.1, 0.15) is 23.9 Å². The van der Waals surface area contributed by atoms with Gasteiger partial charge < -0.3 is 19.3 Å². The lowest BCUT2D eigenvalue weighted by Crippen LogP contribution is -2.04. The molecule has 0 unspecified atom stereocenters. The average molecular weight is 463 g/mol. The fraction of sp³-hybridized carbons (Fsp3) is 0.345. The van der Waals surface area contributed by atoms with Crippen molar-refractivity contribution < 1.29 is 24.1 Å². The molecule has 5 nitrogen and oxygen atoms in total. The number of carbonyl (C=O) groups is 1. The van der Waals surface area contributed by atoms with Crippen LogP contribution in [0.5, 0.6) is 17.2 Å². The zero-order valence-corrected chi connectivity index (χ0v) is 20.3. The Bertz CT molecular complexity index is 1080. The van der Waals surface area contributed by atoms with Crippen LogP contribution in [0.25, 0.3) is 11.1 Å². The van der Waals surface area contributed by atoms with Crippen molar-refractivity contribution in [3.05, 3.63) is 77.9 Å². The number of rotatable bonds is 13. The van der Waals surface area contributed by atoms with Crippen LogP contribution in [0.4, 0.5) is 0 Å². The predicted molar refractivity (Wildman–Crippen MR) is 135 cm³/mol. The smallest absolute Gasteiger partial charge is 0.303 e. The molecule has 1 atom stereocenters. The van der Waals surface area contributed by atoms with Crippen molar-refractivity contribution in [1.82, 2.24) is 0 Å². The van der Waals surface area contributed by atoms with Gasteiger partial charge in [-0.25, -0.2) is 0 Å². The summed E-state index contributed by atoms with van der Waals surface area (Å²) in [7, 11) is 0. The molecule has 0 aliphatic heterocycles. The first-order valence-electron chi connectivity index (χ1n) is 11.9. The van der Waals surface area contributed by atoms with E-state index in [0.29, 0.717) is 19.8 Å². The third-order valence-corrected chi connectivity index (χ3v) is 5.57. The Balaban J connectivity index is 1.78. The van der Waals surface area contributed by atoms with Crippen molar-refractivity contribution >= 4 is 5.97 Å². The zero-order chi connectivity index (χ0) is 24.3. The molecule has 3 rings (SSSR count). The van der Waals surface area contributed by atoms with Crippen LogP contribution in [0.1, 0.15) is 57.1 Å². The topological polar surface area (TPSA) is 65.0 Å². The summed E-state index contributed by atoms with van der Waals surface area (Å²) in [5.74, 6) is 1.50. The van der Waals surface area contributed by atoms with E-state index in [0.717, 1.165) is 52.3 Å². The number of ether oxygens (including phenoxy) is 3. The minimum absolute atomic E-state index is 0.0775. The second-order valence-electron chi connectivity index (χ2n) is 8.35. The Labute approximate surface area is 202 Å². The summed E-state index contributed by atoms with van der Waals surface area (Å²) in [6.45, 7) is 7.69. The molecule has 0 heterocycles. The summed E-state index contributed by atoms with van der Waals surface area (Å²) in [6, 6.07) is 21.8. The number of carboxylic acid groups (broad SMARTS) is 1. The minimum atomic E-state index is -0.804. The van der Waals surface area contributed by atoms with Crippen LogP contribution in [0.15, 0.2) is 66.7 Å². The molecule has 0 amide bonds. The quantitative estimate of drug-likeness (QED) is 0.275. The molecular formula is C29H34O5. The first-order chi connectivity index (χ1) is 16.5. The molecular weight excluding hydrogens is 428 g/mol. The molecule has 0 spiro atoms. The third kappa shape index (κ3) is 7.27. The monoisotopic (exact) mass is 462 g/mol. The molecule has 180 valence electrons. The number of benzene rings is 3. The van der Waals surface area contributed by atoms with Gasteiger partial charge in [-0.05, 0) is 66.3 Å². The highest BCUT2D eigenvalue weighted by atomic mass is 16.5. The van der Waals surface area contributed by atoms with Gasteiger partial charge in [0, 0.05) is 5.56 Å². The number of aliphatic carboxylic acids is 1. The molecule has 0 radical (unpaired) electrons. The standard InChI is InChI=1S/C29H34O5/c1-4-6-15-33-28-17-22(13-14-27(28)24-10-8-11-25(19-24)32-5-2)20-34-26-12-7-9-23(18-26)21(3)16-29(30)31/h7-14,17-19,21H,4-6,15-16,20H2,1-3H3,(H,30,31)/t21-/m1/s1. The Morgan fingerprint density at radius 3 is 2.41 bits per heavy atom. The van der Waals surface area contributed by atoms with E-state index in [1.54, 1.807) is 0 Å². The summed E-state index contributed by atoms with van der Waals surface area (Å²) >= 11 is 0. The zero-order valence-electron chi connectivity index (χ0n) is 20.3. The van der Waals surface area contributed by atoms with Crippen LogP contribution < -0.4 is 14.2 Å². The maximum Gasteiger partial charge on any atom is 0.303 e. The normalized spacial score (nSPS) is 11.6. The fourth-order valence-corrected chi connectivity index (χ4v) is 3.72. The van der Waals surface area contributed by atoms with E-state index in [2.05, 4.69) is 19.1 Å². The first kappa shape index (κ1) is 25.2. The van der Waals surface area contributed by atoms with E-state index in [1.165, 1.54) is 0 Å². The van der Waals surface area contributed by atoms with Crippen LogP contribution in [-0.4, -0.2) is 24.3 Å². The van der Waals surface area contributed by atoms with Crippen LogP contribution in [0, 0.1) is 0 Å². The van der Waals surface area contributed by atoms with Gasteiger partial charge >= 0.3 is 5.97 Å². The van der Waals surface area contributed by atoms with E-state index in [1.807, 2.05) is 68.4 Å². The van der Waals surface area contributed by atoms with Crippen LogP contribution in [0.2, 0.25) is 0 Å². The molecule has 0 bridgehead atoms. The number of hydrogen-bond acceptors (Lipinski definition) is 4. The van der Waals surface area contributed by atoms with Gasteiger partial charge in [-0.2, -0.15) is 0 Å². The van der Waals surface area contributed by atoms with Gasteiger partial charge in [0.15, 0.2) is 0 Å². The molecule has 0 saturated carbocycles. The molecule has 1 N–H and O–H groups in total. The summed E-state index contributed by atoms with van der Waals surface area (Å²) in [5, 5.41) is 9.07. The Morgan fingerprint density at radius 2 is 1.68 bits per heavy atom. The lowest BCUT2D eigenvalue weighted by molar-refractivity contribution is -0.137. The molecule has 0 aliphatic carbocycles. The summed E-state index contributed by atoms with van der Waals surface area (Å²) in [4.78, 5) is 11.0. The van der Waals surface area contributed by atoms with Gasteiger partial charge in [-0.15, -0.1) is 0 Å². The van der Waals surface area contributed by atoms with Crippen molar-refractivity contribution in [2.24, 2.45) is 0 Å². The fourth-order valence-electron chi connectivity index (χ4n) is 3.72. The van der Waals surface area contributed by atoms with Gasteiger partial charge in [0.25, 0.3) is 0 Å². The largest absolute Gasteiger partial charge is 0.494 e. The number of unbranched alkanes of at least 4 members (excludes halogenated alkanes) is 1. The van der Waals surface area contributed by atoms with Crippen LogP contribution in [0.3, 0.4) is 0 Å². The molecule has 34 heavy (non-hydrogen) atoms. The Hall–Kier alpha value is -3.47. The summed E-state index contributed by atoms with van der Waals surface area (Å²) in [5.41, 5.74) is 4.02. The minimum Gasteiger partial charge on any atom is -0.494 e. The molecule has 3 aromatic rings. The van der Waals surface area contributed by atoms with E-state index in [9.17, 15) is 4.79 Å². The van der Waals surface area contributed by atoms with Gasteiger partial charge in [0.2, 0.25) is 0 Å². The molecule has 0 saturated heterocycles. The van der Waals surface area contributed by atoms with Gasteiger partial charge in [-0.1, -0.05) is 56.7 Å². The van der Waals surface area contributed by atoms with Crippen molar-refractivity contribution in [3.8, 4) is 28.4 Å². The highest BCUT2D eigenvalue weighted by Crippen LogP contribution is 2.34. The molecule has 5 heteroatoms. The summed E-state index contributed by atoms with van der Waals surface area (Å²) in [6.07, 6.45) is 2.14. The molecule has 3 aromatic carbocycles. The van der Waals surface area contributed by atoms with Crippen molar-refractivity contribution in [3.63, 3.8) is 0 Å². The summed E-state index contributed by atoms with van der Waals surface area (Å²) < 4.78 is 17.9. The molecule has 0 aromatic heterocycles. The van der Waals surface area contributed by atoms with Crippen LogP contribution in [-0.2, 0) is 11.4 Å². The van der Waals surface area contributed by atoms with E-state index < -0.39 is 5.97 Å². The van der Waals surface area contributed by atoms with E-state index in [-0.39, 0.29) is 12.3 Å². The highest BCUT2D eigenvalue weighted by Gasteiger charge is 2.12. The highest BCUT2D eigenvalue weighted by molar-refractivity contribution is 5.72. The second kappa shape index (κ2) is 12.7. The molecule has 0 aliphatic rings.